The van der Waals surface area contributed by atoms with Crippen LogP contribution in [0.25, 0.3) is 0 Å². The number of rotatable bonds is 5. The van der Waals surface area contributed by atoms with Crippen LogP contribution in [-0.2, 0) is 11.3 Å². The van der Waals surface area contributed by atoms with Crippen molar-refractivity contribution < 1.29 is 13.9 Å². The molecule has 4 nitrogen and oxygen atoms in total. The van der Waals surface area contributed by atoms with Gasteiger partial charge in [0.1, 0.15) is 5.82 Å². The first-order valence-corrected chi connectivity index (χ1v) is 6.66. The molecule has 0 atom stereocenters. The fourth-order valence-corrected chi connectivity index (χ4v) is 1.97. The smallest absolute Gasteiger partial charge is 0.340 e. The van der Waals surface area contributed by atoms with Crippen LogP contribution in [0.4, 0.5) is 15.8 Å². The Labute approximate surface area is 122 Å². The highest BCUT2D eigenvalue weighted by atomic mass is 19.1. The summed E-state index contributed by atoms with van der Waals surface area (Å²) in [5.74, 6) is -0.766. The van der Waals surface area contributed by atoms with Crippen LogP contribution in [0.2, 0.25) is 0 Å². The fourth-order valence-electron chi connectivity index (χ4n) is 1.97. The zero-order valence-corrected chi connectivity index (χ0v) is 11.7. The average Bonchev–Trinajstić information content (AvgIpc) is 2.47. The number of esters is 1. The lowest BCUT2D eigenvalue weighted by Crippen LogP contribution is -2.12. The third kappa shape index (κ3) is 3.51. The molecule has 0 aliphatic carbocycles. The molecule has 0 aliphatic heterocycles. The predicted octanol–water partition coefficient (Wildman–Crippen LogP) is 3.20. The maximum Gasteiger partial charge on any atom is 0.340 e. The highest BCUT2D eigenvalue weighted by molar-refractivity contribution is 5.98. The molecular weight excluding hydrogens is 271 g/mol. The number of nitrogen functional groups attached to an aromatic ring is 1. The average molecular weight is 288 g/mol. The number of hydrogen-bond acceptors (Lipinski definition) is 4. The van der Waals surface area contributed by atoms with E-state index in [1.165, 1.54) is 6.07 Å². The van der Waals surface area contributed by atoms with Crippen LogP contribution < -0.4 is 11.1 Å². The van der Waals surface area contributed by atoms with Crippen molar-refractivity contribution >= 4 is 17.3 Å². The maximum absolute atomic E-state index is 13.6. The zero-order valence-electron chi connectivity index (χ0n) is 11.7. The van der Waals surface area contributed by atoms with E-state index in [0.717, 1.165) is 0 Å². The second-order valence-corrected chi connectivity index (χ2v) is 4.44. The minimum atomic E-state index is -0.458. The van der Waals surface area contributed by atoms with Gasteiger partial charge in [0.2, 0.25) is 0 Å². The van der Waals surface area contributed by atoms with E-state index < -0.39 is 5.97 Å². The summed E-state index contributed by atoms with van der Waals surface area (Å²) in [6.45, 7) is 2.24. The van der Waals surface area contributed by atoms with Crippen LogP contribution in [0.15, 0.2) is 42.5 Å². The van der Waals surface area contributed by atoms with Gasteiger partial charge in [0.05, 0.1) is 23.5 Å². The van der Waals surface area contributed by atoms with E-state index >= 15 is 0 Å². The van der Waals surface area contributed by atoms with Gasteiger partial charge in [-0.3, -0.25) is 0 Å². The van der Waals surface area contributed by atoms with Gasteiger partial charge >= 0.3 is 5.97 Å². The molecule has 0 bridgehead atoms. The fraction of sp³-hybridized carbons (Fsp3) is 0.188. The minimum Gasteiger partial charge on any atom is -0.462 e. The van der Waals surface area contributed by atoms with Crippen molar-refractivity contribution in [1.29, 1.82) is 0 Å². The molecule has 0 saturated heterocycles. The minimum absolute atomic E-state index is 0.229. The van der Waals surface area contributed by atoms with E-state index in [1.807, 2.05) is 0 Å². The summed E-state index contributed by atoms with van der Waals surface area (Å²) in [5, 5.41) is 3.01. The SMILES string of the molecule is CCOC(=O)c1cccc(N)c1NCc1ccccc1F. The molecule has 21 heavy (non-hydrogen) atoms. The number of carbonyl (C=O) groups is 1. The van der Waals surface area contributed by atoms with E-state index in [1.54, 1.807) is 43.3 Å². The number of hydrogen-bond donors (Lipinski definition) is 2. The maximum atomic E-state index is 13.6. The molecule has 0 unspecified atom stereocenters. The quantitative estimate of drug-likeness (QED) is 0.655. The summed E-state index contributed by atoms with van der Waals surface area (Å²) in [5.41, 5.74) is 7.60. The first-order valence-electron chi connectivity index (χ1n) is 6.66. The van der Waals surface area contributed by atoms with Crippen LogP contribution in [0.1, 0.15) is 22.8 Å². The van der Waals surface area contributed by atoms with Gasteiger partial charge in [0, 0.05) is 12.1 Å². The Balaban J connectivity index is 2.23. The van der Waals surface area contributed by atoms with Gasteiger partial charge in [-0.2, -0.15) is 0 Å². The van der Waals surface area contributed by atoms with E-state index in [4.69, 9.17) is 10.5 Å². The largest absolute Gasteiger partial charge is 0.462 e. The van der Waals surface area contributed by atoms with E-state index in [9.17, 15) is 9.18 Å². The molecule has 2 aromatic carbocycles. The third-order valence-corrected chi connectivity index (χ3v) is 3.01. The Kier molecular flexibility index (Phi) is 4.77. The van der Waals surface area contributed by atoms with Crippen molar-refractivity contribution in [2.24, 2.45) is 0 Å². The summed E-state index contributed by atoms with van der Waals surface area (Å²) in [6.07, 6.45) is 0. The lowest BCUT2D eigenvalue weighted by atomic mass is 10.1. The molecule has 2 rings (SSSR count). The standard InChI is InChI=1S/C16H17FN2O2/c1-2-21-16(20)12-7-5-9-14(18)15(12)19-10-11-6-3-4-8-13(11)17/h3-9,19H,2,10,18H2,1H3. The van der Waals surface area contributed by atoms with Gasteiger partial charge in [0.25, 0.3) is 0 Å². The second kappa shape index (κ2) is 6.74. The lowest BCUT2D eigenvalue weighted by molar-refractivity contribution is 0.0527. The summed E-state index contributed by atoms with van der Waals surface area (Å²) in [7, 11) is 0. The van der Waals surface area contributed by atoms with Gasteiger partial charge in [-0.05, 0) is 25.1 Å². The van der Waals surface area contributed by atoms with Crippen LogP contribution in [0.3, 0.4) is 0 Å². The van der Waals surface area contributed by atoms with Crippen molar-refractivity contribution in [3.63, 3.8) is 0 Å². The Morgan fingerprint density at radius 2 is 2.00 bits per heavy atom. The summed E-state index contributed by atoms with van der Waals surface area (Å²) >= 11 is 0. The number of halogens is 1. The van der Waals surface area contributed by atoms with Gasteiger partial charge in [-0.15, -0.1) is 0 Å². The molecule has 0 aromatic heterocycles. The predicted molar refractivity (Wildman–Crippen MR) is 80.5 cm³/mol. The van der Waals surface area contributed by atoms with Gasteiger partial charge < -0.3 is 15.8 Å². The van der Waals surface area contributed by atoms with Crippen LogP contribution in [-0.4, -0.2) is 12.6 Å². The Morgan fingerprint density at radius 3 is 2.71 bits per heavy atom. The van der Waals surface area contributed by atoms with E-state index in [0.29, 0.717) is 22.5 Å². The highest BCUT2D eigenvalue weighted by Crippen LogP contribution is 2.25. The van der Waals surface area contributed by atoms with Crippen molar-refractivity contribution in [3.8, 4) is 0 Å². The van der Waals surface area contributed by atoms with Crippen LogP contribution in [0, 0.1) is 5.82 Å². The topological polar surface area (TPSA) is 64.3 Å². The summed E-state index contributed by atoms with van der Waals surface area (Å²) < 4.78 is 18.6. The molecule has 0 fully saturated rings. The molecule has 110 valence electrons. The van der Waals surface area contributed by atoms with Crippen molar-refractivity contribution in [2.45, 2.75) is 13.5 Å². The number of ether oxygens (including phenoxy) is 1. The first-order chi connectivity index (χ1) is 10.1. The van der Waals surface area contributed by atoms with Crippen LogP contribution in [0.5, 0.6) is 0 Å². The van der Waals surface area contributed by atoms with Gasteiger partial charge in [0.15, 0.2) is 0 Å². The zero-order chi connectivity index (χ0) is 15.2. The molecule has 0 radical (unpaired) electrons. The van der Waals surface area contributed by atoms with E-state index in [-0.39, 0.29) is 19.0 Å². The molecule has 2 aromatic rings. The van der Waals surface area contributed by atoms with Crippen LogP contribution >= 0.6 is 0 Å². The molecular formula is C16H17FN2O2. The number of carbonyl (C=O) groups excluding carboxylic acids is 1. The second-order valence-electron chi connectivity index (χ2n) is 4.44. The molecule has 5 heteroatoms. The monoisotopic (exact) mass is 288 g/mol. The summed E-state index contributed by atoms with van der Waals surface area (Å²) in [6, 6.07) is 11.4. The van der Waals surface area contributed by atoms with Crippen molar-refractivity contribution in [3.05, 3.63) is 59.4 Å². The first kappa shape index (κ1) is 14.8. The molecule has 0 aliphatic rings. The van der Waals surface area contributed by atoms with Gasteiger partial charge in [-0.25, -0.2) is 9.18 Å². The number of benzene rings is 2. The Hall–Kier alpha value is -2.56. The number of anilines is 2. The highest BCUT2D eigenvalue weighted by Gasteiger charge is 2.15. The molecule has 3 N–H and O–H groups in total. The molecule has 0 amide bonds. The number of nitrogens with two attached hydrogens (primary N) is 1. The Bertz CT molecular complexity index is 644. The van der Waals surface area contributed by atoms with E-state index in [2.05, 4.69) is 5.32 Å². The third-order valence-electron chi connectivity index (χ3n) is 3.01. The van der Waals surface area contributed by atoms with Gasteiger partial charge in [-0.1, -0.05) is 24.3 Å². The van der Waals surface area contributed by atoms with Crippen molar-refractivity contribution in [2.75, 3.05) is 17.7 Å². The Morgan fingerprint density at radius 1 is 1.24 bits per heavy atom. The normalized spacial score (nSPS) is 10.2. The summed E-state index contributed by atoms with van der Waals surface area (Å²) in [4.78, 5) is 11.9. The molecule has 0 saturated carbocycles. The number of nitrogens with one attached hydrogen (secondary N) is 1. The van der Waals surface area contributed by atoms with Crippen molar-refractivity contribution in [1.82, 2.24) is 0 Å². The molecule has 0 heterocycles. The molecule has 0 spiro atoms. The number of para-hydroxylation sites is 1. The lowest BCUT2D eigenvalue weighted by Gasteiger charge is -2.14.